The van der Waals surface area contributed by atoms with E-state index in [4.69, 9.17) is 9.47 Å². The summed E-state index contributed by atoms with van der Waals surface area (Å²) in [7, 11) is 0. The van der Waals surface area contributed by atoms with Crippen molar-refractivity contribution in [1.29, 1.82) is 0 Å². The number of carbonyl (C=O) groups excluding carboxylic acids is 1. The van der Waals surface area contributed by atoms with E-state index in [-0.39, 0.29) is 40.2 Å². The predicted molar refractivity (Wildman–Crippen MR) is 127 cm³/mol. The van der Waals surface area contributed by atoms with Gasteiger partial charge in [0.05, 0.1) is 6.04 Å². The monoisotopic (exact) mass is 542 g/mol. The minimum Gasteiger partial charge on any atom is -0.472 e. The van der Waals surface area contributed by atoms with E-state index in [9.17, 15) is 18.4 Å². The van der Waals surface area contributed by atoms with E-state index < -0.39 is 23.3 Å². The van der Waals surface area contributed by atoms with Gasteiger partial charge in [0, 0.05) is 30.8 Å². The number of nitrogens with zero attached hydrogens (tertiary/aromatic N) is 3. The summed E-state index contributed by atoms with van der Waals surface area (Å²) < 4.78 is 39.8. The Balaban J connectivity index is 1.83. The van der Waals surface area contributed by atoms with Crippen LogP contribution in [-0.4, -0.2) is 40.4 Å². The lowest BCUT2D eigenvalue weighted by Gasteiger charge is -2.25. The summed E-state index contributed by atoms with van der Waals surface area (Å²) in [4.78, 5) is 31.7. The molecular formula is C23H29BrF2N4O4. The minimum absolute atomic E-state index is 0.00387. The van der Waals surface area contributed by atoms with Crippen LogP contribution in [0.2, 0.25) is 0 Å². The Bertz CT molecular complexity index is 1120. The lowest BCUT2D eigenvalue weighted by atomic mass is 10.2. The predicted octanol–water partition coefficient (Wildman–Crippen LogP) is 4.55. The molecule has 0 bridgehead atoms. The molecule has 1 aliphatic rings. The molecule has 11 heteroatoms. The van der Waals surface area contributed by atoms with Crippen LogP contribution in [0.3, 0.4) is 0 Å². The van der Waals surface area contributed by atoms with Gasteiger partial charge in [-0.05, 0) is 69.1 Å². The van der Waals surface area contributed by atoms with Gasteiger partial charge in [0.1, 0.15) is 28.3 Å². The van der Waals surface area contributed by atoms with Gasteiger partial charge in [-0.3, -0.25) is 9.36 Å². The zero-order valence-corrected chi connectivity index (χ0v) is 21.4. The van der Waals surface area contributed by atoms with Crippen LogP contribution >= 0.6 is 15.9 Å². The zero-order chi connectivity index (χ0) is 25.2. The number of carbonyl (C=O) groups is 1. The number of anilines is 1. The molecule has 1 aromatic heterocycles. The van der Waals surface area contributed by atoms with Crippen molar-refractivity contribution in [3.63, 3.8) is 0 Å². The summed E-state index contributed by atoms with van der Waals surface area (Å²) >= 11 is 3.25. The van der Waals surface area contributed by atoms with Crippen LogP contribution in [0, 0.1) is 11.6 Å². The summed E-state index contributed by atoms with van der Waals surface area (Å²) in [5, 5.41) is 2.85. The maximum Gasteiger partial charge on any atom is 0.407 e. The highest BCUT2D eigenvalue weighted by Gasteiger charge is 2.30. The van der Waals surface area contributed by atoms with Crippen LogP contribution in [-0.2, 0) is 11.3 Å². The van der Waals surface area contributed by atoms with Gasteiger partial charge in [-0.15, -0.1) is 0 Å². The molecule has 0 aliphatic carbocycles. The van der Waals surface area contributed by atoms with Gasteiger partial charge in [-0.2, -0.15) is 4.98 Å². The second-order valence-electron chi connectivity index (χ2n) is 9.40. The van der Waals surface area contributed by atoms with Crippen LogP contribution < -0.4 is 20.5 Å². The van der Waals surface area contributed by atoms with E-state index >= 15 is 0 Å². The first kappa shape index (κ1) is 25.9. The quantitative estimate of drug-likeness (QED) is 0.576. The maximum atomic E-state index is 14.0. The topological polar surface area (TPSA) is 85.7 Å². The number of nitrogens with one attached hydrogen (secondary N) is 1. The van der Waals surface area contributed by atoms with Crippen LogP contribution in [0.5, 0.6) is 5.88 Å². The molecule has 8 nitrogen and oxygen atoms in total. The number of halogens is 3. The van der Waals surface area contributed by atoms with Gasteiger partial charge < -0.3 is 19.7 Å². The Morgan fingerprint density at radius 1 is 1.32 bits per heavy atom. The van der Waals surface area contributed by atoms with Crippen LogP contribution in [0.1, 0.15) is 52.6 Å². The number of hydrogen-bond acceptors (Lipinski definition) is 6. The average Bonchev–Trinajstić information content (AvgIpc) is 3.16. The van der Waals surface area contributed by atoms with E-state index in [1.807, 2.05) is 18.7 Å². The highest BCUT2D eigenvalue weighted by atomic mass is 79.9. The fourth-order valence-electron chi connectivity index (χ4n) is 3.58. The normalized spacial score (nSPS) is 16.1. The molecule has 1 saturated heterocycles. The number of aromatic nitrogens is 2. The number of hydrogen-bond donors (Lipinski definition) is 1. The second-order valence-corrected chi connectivity index (χ2v) is 10.2. The summed E-state index contributed by atoms with van der Waals surface area (Å²) in [6.07, 6.45) is 0.134. The fourth-order valence-corrected chi connectivity index (χ4v) is 3.98. The van der Waals surface area contributed by atoms with Crippen LogP contribution in [0.25, 0.3) is 0 Å². The molecular weight excluding hydrogens is 514 g/mol. The van der Waals surface area contributed by atoms with E-state index in [2.05, 4.69) is 26.2 Å². The molecule has 1 N–H and O–H groups in total. The van der Waals surface area contributed by atoms with Gasteiger partial charge in [0.25, 0.3) is 5.56 Å². The molecule has 1 aliphatic heterocycles. The third kappa shape index (κ3) is 6.25. The molecule has 0 radical (unpaired) electrons. The van der Waals surface area contributed by atoms with Gasteiger partial charge in [-0.1, -0.05) is 0 Å². The van der Waals surface area contributed by atoms with Crippen molar-refractivity contribution in [3.8, 4) is 5.88 Å². The Labute approximate surface area is 205 Å². The van der Waals surface area contributed by atoms with E-state index in [0.29, 0.717) is 25.5 Å². The molecule has 1 unspecified atom stereocenters. The van der Waals surface area contributed by atoms with Crippen molar-refractivity contribution in [3.05, 3.63) is 50.2 Å². The first-order valence-corrected chi connectivity index (χ1v) is 11.8. The standard InChI is InChI=1S/C23H29BrF2N4O4/c1-13(2)30-20(31)18(24)19(33-12-14-6-7-15(25)10-17(14)26)28-21(30)29-9-8-16(11-29)27-22(32)34-23(3,4)5/h6-7,10,13,16H,8-9,11-12H2,1-5H3,(H,27,32). The molecule has 0 saturated carbocycles. The third-order valence-electron chi connectivity index (χ3n) is 5.10. The summed E-state index contributed by atoms with van der Waals surface area (Å²) in [5.74, 6) is -1.05. The Morgan fingerprint density at radius 3 is 2.65 bits per heavy atom. The lowest BCUT2D eigenvalue weighted by molar-refractivity contribution is 0.0509. The van der Waals surface area contributed by atoms with Crippen molar-refractivity contribution in [2.75, 3.05) is 18.0 Å². The van der Waals surface area contributed by atoms with E-state index in [1.54, 1.807) is 20.8 Å². The highest BCUT2D eigenvalue weighted by molar-refractivity contribution is 9.10. The fraction of sp³-hybridized carbons (Fsp3) is 0.522. The molecule has 1 fully saturated rings. The molecule has 0 spiro atoms. The summed E-state index contributed by atoms with van der Waals surface area (Å²) in [5.41, 5.74) is -0.824. The van der Waals surface area contributed by atoms with E-state index in [0.717, 1.165) is 12.1 Å². The molecule has 1 amide bonds. The minimum atomic E-state index is -0.748. The Kier molecular flexibility index (Phi) is 7.84. The highest BCUT2D eigenvalue weighted by Crippen LogP contribution is 2.28. The maximum absolute atomic E-state index is 14.0. The smallest absolute Gasteiger partial charge is 0.407 e. The molecule has 3 rings (SSSR count). The molecule has 2 aromatic rings. The second kappa shape index (κ2) is 10.3. The number of benzene rings is 1. The number of alkyl carbamates (subject to hydrolysis) is 1. The molecule has 1 atom stereocenters. The van der Waals surface area contributed by atoms with Gasteiger partial charge >= 0.3 is 6.09 Å². The van der Waals surface area contributed by atoms with Gasteiger partial charge in [0.2, 0.25) is 11.8 Å². The molecule has 1 aromatic carbocycles. The third-order valence-corrected chi connectivity index (χ3v) is 5.78. The van der Waals surface area contributed by atoms with Crippen LogP contribution in [0.4, 0.5) is 19.5 Å². The molecule has 34 heavy (non-hydrogen) atoms. The zero-order valence-electron chi connectivity index (χ0n) is 19.8. The SMILES string of the molecule is CC(C)n1c(N2CCC(NC(=O)OC(C)(C)C)C2)nc(OCc2ccc(F)cc2F)c(Br)c1=O. The summed E-state index contributed by atoms with van der Waals surface area (Å²) in [6.45, 7) is 9.84. The Morgan fingerprint density at radius 2 is 2.03 bits per heavy atom. The summed E-state index contributed by atoms with van der Waals surface area (Å²) in [6, 6.07) is 2.80. The van der Waals surface area contributed by atoms with Crippen molar-refractivity contribution >= 4 is 28.0 Å². The van der Waals surface area contributed by atoms with Gasteiger partial charge in [-0.25, -0.2) is 13.6 Å². The van der Waals surface area contributed by atoms with Gasteiger partial charge in [0.15, 0.2) is 0 Å². The van der Waals surface area contributed by atoms with Crippen molar-refractivity contribution in [1.82, 2.24) is 14.9 Å². The largest absolute Gasteiger partial charge is 0.472 e. The van der Waals surface area contributed by atoms with Crippen molar-refractivity contribution in [2.24, 2.45) is 0 Å². The van der Waals surface area contributed by atoms with Crippen LogP contribution in [0.15, 0.2) is 27.5 Å². The number of amides is 1. The molecule has 186 valence electrons. The van der Waals surface area contributed by atoms with Crippen molar-refractivity contribution in [2.45, 2.75) is 65.3 Å². The first-order valence-electron chi connectivity index (χ1n) is 11.0. The number of ether oxygens (including phenoxy) is 2. The number of rotatable bonds is 6. The first-order chi connectivity index (χ1) is 15.9. The Hall–Kier alpha value is -2.69. The molecule has 2 heterocycles. The average molecular weight is 543 g/mol. The lowest BCUT2D eigenvalue weighted by Crippen LogP contribution is -2.41. The van der Waals surface area contributed by atoms with Crippen molar-refractivity contribution < 1.29 is 23.0 Å². The van der Waals surface area contributed by atoms with E-state index in [1.165, 1.54) is 10.6 Å².